The monoisotopic (exact) mass is 256 g/mol. The fourth-order valence-electron chi connectivity index (χ4n) is 1.76. The molecule has 0 radical (unpaired) electrons. The number of benzene rings is 2. The highest BCUT2D eigenvalue weighted by molar-refractivity contribution is 7.18. The van der Waals surface area contributed by atoms with Crippen LogP contribution in [-0.4, -0.2) is 4.98 Å². The standard InChI is InChI=1S/C14H12N2OS/c1-9-16-13-7-6-12(8-14(13)18-9)17-11-4-2-10(15)3-5-11/h2-8H,15H2,1H3. The van der Waals surface area contributed by atoms with Gasteiger partial charge in [-0.15, -0.1) is 11.3 Å². The highest BCUT2D eigenvalue weighted by Crippen LogP contribution is 2.29. The van der Waals surface area contributed by atoms with Crippen molar-refractivity contribution >= 4 is 27.2 Å². The minimum absolute atomic E-state index is 0.732. The fourth-order valence-corrected chi connectivity index (χ4v) is 2.61. The van der Waals surface area contributed by atoms with Crippen LogP contribution < -0.4 is 10.5 Å². The molecule has 0 saturated heterocycles. The maximum Gasteiger partial charge on any atom is 0.128 e. The van der Waals surface area contributed by atoms with Crippen LogP contribution in [0.15, 0.2) is 42.5 Å². The van der Waals surface area contributed by atoms with Gasteiger partial charge in [0.1, 0.15) is 11.5 Å². The Morgan fingerprint density at radius 2 is 1.78 bits per heavy atom. The van der Waals surface area contributed by atoms with Crippen LogP contribution in [0.5, 0.6) is 11.5 Å². The third-order valence-electron chi connectivity index (χ3n) is 2.58. The number of aryl methyl sites for hydroxylation is 1. The van der Waals surface area contributed by atoms with Gasteiger partial charge in [0.05, 0.1) is 15.2 Å². The summed E-state index contributed by atoms with van der Waals surface area (Å²) < 4.78 is 6.91. The molecule has 0 aliphatic rings. The summed E-state index contributed by atoms with van der Waals surface area (Å²) in [6, 6.07) is 13.3. The number of aromatic nitrogens is 1. The molecular weight excluding hydrogens is 244 g/mol. The summed E-state index contributed by atoms with van der Waals surface area (Å²) in [5, 5.41) is 1.06. The molecule has 4 heteroatoms. The van der Waals surface area contributed by atoms with Gasteiger partial charge < -0.3 is 10.5 Å². The molecule has 2 aromatic carbocycles. The van der Waals surface area contributed by atoms with E-state index < -0.39 is 0 Å². The molecule has 0 unspecified atom stereocenters. The highest BCUT2D eigenvalue weighted by atomic mass is 32.1. The molecule has 0 bridgehead atoms. The average molecular weight is 256 g/mol. The lowest BCUT2D eigenvalue weighted by Gasteiger charge is -2.05. The molecule has 0 spiro atoms. The number of hydrogen-bond acceptors (Lipinski definition) is 4. The molecule has 18 heavy (non-hydrogen) atoms. The number of nitrogens with zero attached hydrogens (tertiary/aromatic N) is 1. The summed E-state index contributed by atoms with van der Waals surface area (Å²) in [5.74, 6) is 1.60. The van der Waals surface area contributed by atoms with Crippen LogP contribution in [0.3, 0.4) is 0 Å². The smallest absolute Gasteiger partial charge is 0.128 e. The number of fused-ring (bicyclic) bond motifs is 1. The zero-order chi connectivity index (χ0) is 12.5. The molecule has 0 amide bonds. The van der Waals surface area contributed by atoms with E-state index in [-0.39, 0.29) is 0 Å². The predicted octanol–water partition coefficient (Wildman–Crippen LogP) is 3.98. The Bertz CT molecular complexity index is 689. The largest absolute Gasteiger partial charge is 0.457 e. The van der Waals surface area contributed by atoms with Gasteiger partial charge >= 0.3 is 0 Å². The van der Waals surface area contributed by atoms with Crippen molar-refractivity contribution in [3.05, 3.63) is 47.5 Å². The fraction of sp³-hybridized carbons (Fsp3) is 0.0714. The molecule has 2 N–H and O–H groups in total. The van der Waals surface area contributed by atoms with Crippen molar-refractivity contribution in [3.8, 4) is 11.5 Å². The third kappa shape index (κ3) is 2.15. The molecule has 1 aromatic heterocycles. The Morgan fingerprint density at radius 1 is 1.06 bits per heavy atom. The molecule has 90 valence electrons. The second kappa shape index (κ2) is 4.31. The van der Waals surface area contributed by atoms with E-state index in [0.29, 0.717) is 0 Å². The summed E-state index contributed by atoms with van der Waals surface area (Å²) >= 11 is 1.67. The third-order valence-corrected chi connectivity index (χ3v) is 3.52. The number of thiazole rings is 1. The van der Waals surface area contributed by atoms with Crippen LogP contribution >= 0.6 is 11.3 Å². The summed E-state index contributed by atoms with van der Waals surface area (Å²) in [4.78, 5) is 4.42. The first kappa shape index (κ1) is 11.0. The lowest BCUT2D eigenvalue weighted by atomic mass is 10.3. The maximum atomic E-state index is 5.77. The zero-order valence-electron chi connectivity index (χ0n) is 9.88. The van der Waals surface area contributed by atoms with E-state index in [1.54, 1.807) is 11.3 Å². The Kier molecular flexibility index (Phi) is 2.64. The van der Waals surface area contributed by atoms with Gasteiger partial charge in [-0.05, 0) is 43.3 Å². The SMILES string of the molecule is Cc1nc2ccc(Oc3ccc(N)cc3)cc2s1. The van der Waals surface area contributed by atoms with Crippen LogP contribution in [0.2, 0.25) is 0 Å². The van der Waals surface area contributed by atoms with Crippen molar-refractivity contribution in [1.29, 1.82) is 0 Å². The van der Waals surface area contributed by atoms with E-state index in [1.807, 2.05) is 49.4 Å². The van der Waals surface area contributed by atoms with Gasteiger partial charge in [-0.2, -0.15) is 0 Å². The molecule has 0 aliphatic heterocycles. The number of anilines is 1. The van der Waals surface area contributed by atoms with Crippen molar-refractivity contribution in [1.82, 2.24) is 4.98 Å². The van der Waals surface area contributed by atoms with Crippen LogP contribution in [0.25, 0.3) is 10.2 Å². The summed E-state index contributed by atoms with van der Waals surface area (Å²) in [5.41, 5.74) is 7.38. The number of nitrogens with two attached hydrogens (primary N) is 1. The molecule has 1 heterocycles. The summed E-state index contributed by atoms with van der Waals surface area (Å²) in [6.07, 6.45) is 0. The Morgan fingerprint density at radius 3 is 2.56 bits per heavy atom. The quantitative estimate of drug-likeness (QED) is 0.705. The molecule has 3 nitrogen and oxygen atoms in total. The number of rotatable bonds is 2. The van der Waals surface area contributed by atoms with E-state index in [0.717, 1.165) is 32.4 Å². The normalized spacial score (nSPS) is 10.7. The second-order valence-electron chi connectivity index (χ2n) is 4.03. The van der Waals surface area contributed by atoms with E-state index in [2.05, 4.69) is 4.98 Å². The molecule has 0 saturated carbocycles. The van der Waals surface area contributed by atoms with Gasteiger partial charge in [0, 0.05) is 11.8 Å². The molecule has 3 aromatic rings. The predicted molar refractivity (Wildman–Crippen MR) is 75.3 cm³/mol. The Hall–Kier alpha value is -2.07. The lowest BCUT2D eigenvalue weighted by molar-refractivity contribution is 0.483. The van der Waals surface area contributed by atoms with Gasteiger partial charge in [0.15, 0.2) is 0 Å². The Balaban J connectivity index is 1.92. The number of hydrogen-bond donors (Lipinski definition) is 1. The Labute approximate surface area is 109 Å². The van der Waals surface area contributed by atoms with Crippen molar-refractivity contribution in [2.75, 3.05) is 5.73 Å². The van der Waals surface area contributed by atoms with Gasteiger partial charge in [0.2, 0.25) is 0 Å². The number of ether oxygens (including phenoxy) is 1. The van der Waals surface area contributed by atoms with Gasteiger partial charge in [-0.25, -0.2) is 4.98 Å². The van der Waals surface area contributed by atoms with Crippen molar-refractivity contribution in [2.45, 2.75) is 6.92 Å². The summed E-state index contributed by atoms with van der Waals surface area (Å²) in [7, 11) is 0. The van der Waals surface area contributed by atoms with E-state index in [9.17, 15) is 0 Å². The van der Waals surface area contributed by atoms with Crippen molar-refractivity contribution in [2.24, 2.45) is 0 Å². The first-order valence-electron chi connectivity index (χ1n) is 5.61. The first-order chi connectivity index (χ1) is 8.70. The summed E-state index contributed by atoms with van der Waals surface area (Å²) in [6.45, 7) is 2.01. The second-order valence-corrected chi connectivity index (χ2v) is 5.27. The van der Waals surface area contributed by atoms with Crippen molar-refractivity contribution in [3.63, 3.8) is 0 Å². The lowest BCUT2D eigenvalue weighted by Crippen LogP contribution is -1.86. The number of nitrogen functional groups attached to an aromatic ring is 1. The average Bonchev–Trinajstić information content (AvgIpc) is 2.71. The topological polar surface area (TPSA) is 48.1 Å². The van der Waals surface area contributed by atoms with E-state index >= 15 is 0 Å². The zero-order valence-corrected chi connectivity index (χ0v) is 10.7. The van der Waals surface area contributed by atoms with Gasteiger partial charge in [-0.3, -0.25) is 0 Å². The molecule has 0 aliphatic carbocycles. The van der Waals surface area contributed by atoms with Crippen molar-refractivity contribution < 1.29 is 4.74 Å². The van der Waals surface area contributed by atoms with Crippen LogP contribution in [0.4, 0.5) is 5.69 Å². The van der Waals surface area contributed by atoms with Crippen LogP contribution in [0, 0.1) is 6.92 Å². The van der Waals surface area contributed by atoms with Gasteiger partial charge in [-0.1, -0.05) is 0 Å². The van der Waals surface area contributed by atoms with Crippen LogP contribution in [0.1, 0.15) is 5.01 Å². The first-order valence-corrected chi connectivity index (χ1v) is 6.43. The van der Waals surface area contributed by atoms with E-state index in [4.69, 9.17) is 10.5 Å². The molecular formula is C14H12N2OS. The van der Waals surface area contributed by atoms with E-state index in [1.165, 1.54) is 0 Å². The molecule has 0 fully saturated rings. The van der Waals surface area contributed by atoms with Gasteiger partial charge in [0.25, 0.3) is 0 Å². The minimum atomic E-state index is 0.732. The molecule has 0 atom stereocenters. The highest BCUT2D eigenvalue weighted by Gasteiger charge is 2.03. The minimum Gasteiger partial charge on any atom is -0.457 e. The maximum absolute atomic E-state index is 5.77. The molecule has 3 rings (SSSR count). The van der Waals surface area contributed by atoms with Crippen LogP contribution in [-0.2, 0) is 0 Å².